The van der Waals surface area contributed by atoms with Gasteiger partial charge < -0.3 is 16.4 Å². The second-order valence-corrected chi connectivity index (χ2v) is 5.29. The number of hydrogen-bond acceptors (Lipinski definition) is 5. The summed E-state index contributed by atoms with van der Waals surface area (Å²) in [6.45, 7) is 4.96. The highest BCUT2D eigenvalue weighted by Gasteiger charge is 2.18. The Labute approximate surface area is 140 Å². The van der Waals surface area contributed by atoms with E-state index in [2.05, 4.69) is 10.6 Å². The number of hydrogen-bond donors (Lipinski definition) is 3. The van der Waals surface area contributed by atoms with Gasteiger partial charge in [-0.25, -0.2) is 0 Å². The van der Waals surface area contributed by atoms with Crippen molar-refractivity contribution in [1.29, 1.82) is 0 Å². The van der Waals surface area contributed by atoms with Gasteiger partial charge >= 0.3 is 0 Å². The molecule has 0 unspecified atom stereocenters. The van der Waals surface area contributed by atoms with Crippen LogP contribution in [0.4, 0.5) is 11.4 Å². The van der Waals surface area contributed by atoms with Crippen LogP contribution in [0.5, 0.6) is 0 Å². The average Bonchev–Trinajstić information content (AvgIpc) is 2.45. The van der Waals surface area contributed by atoms with Gasteiger partial charge in [0.2, 0.25) is 11.8 Å². The van der Waals surface area contributed by atoms with Crippen molar-refractivity contribution < 1.29 is 14.5 Å². The molecule has 2 amide bonds. The molecule has 0 aliphatic heterocycles. The predicted molar refractivity (Wildman–Crippen MR) is 89.5 cm³/mol. The second-order valence-electron chi connectivity index (χ2n) is 5.29. The highest BCUT2D eigenvalue weighted by Crippen LogP contribution is 2.22. The molecule has 0 heterocycles. The van der Waals surface area contributed by atoms with E-state index in [-0.39, 0.29) is 30.6 Å². The number of carbonyl (C=O) groups excluding carboxylic acids is 2. The summed E-state index contributed by atoms with van der Waals surface area (Å²) in [4.78, 5) is 33.7. The number of benzene rings is 1. The van der Waals surface area contributed by atoms with Crippen LogP contribution in [-0.4, -0.2) is 29.3 Å². The number of amides is 2. The van der Waals surface area contributed by atoms with E-state index in [4.69, 9.17) is 5.73 Å². The van der Waals surface area contributed by atoms with Crippen LogP contribution in [0, 0.1) is 23.0 Å². The molecule has 0 saturated heterocycles. The van der Waals surface area contributed by atoms with Crippen molar-refractivity contribution in [3.8, 4) is 0 Å². The summed E-state index contributed by atoms with van der Waals surface area (Å²) in [7, 11) is 0. The molecule has 0 radical (unpaired) electrons. The lowest BCUT2D eigenvalue weighted by atomic mass is 10.1. The van der Waals surface area contributed by atoms with Gasteiger partial charge in [-0.1, -0.05) is 19.9 Å². The molecule has 128 valence electrons. The van der Waals surface area contributed by atoms with Crippen molar-refractivity contribution in [3.05, 3.63) is 33.9 Å². The van der Waals surface area contributed by atoms with Gasteiger partial charge in [0.25, 0.3) is 5.69 Å². The molecule has 1 aromatic carbocycles. The minimum atomic E-state index is -0.687. The van der Waals surface area contributed by atoms with E-state index in [0.29, 0.717) is 11.3 Å². The van der Waals surface area contributed by atoms with Gasteiger partial charge in [-0.05, 0) is 18.9 Å². The summed E-state index contributed by atoms with van der Waals surface area (Å²) in [5.41, 5.74) is 6.37. The fraction of sp³-hybridized carbons (Fsp3) is 0.429. The SMILES string of the molecule is Cc1ccc(NC(=O)CNC(=O)[C@@H](N)C(C)C)cc1[N+](=O)[O-].Cl. The molecule has 0 aliphatic rings. The third-order valence-corrected chi connectivity index (χ3v) is 3.13. The minimum Gasteiger partial charge on any atom is -0.346 e. The zero-order chi connectivity index (χ0) is 16.9. The number of nitrogens with two attached hydrogens (primary N) is 1. The first kappa shape index (κ1) is 20.8. The zero-order valence-corrected chi connectivity index (χ0v) is 14.0. The van der Waals surface area contributed by atoms with Crippen molar-refractivity contribution in [2.24, 2.45) is 11.7 Å². The standard InChI is InChI=1S/C14H20N4O4.ClH/c1-8(2)13(15)14(20)16-7-12(19)17-10-5-4-9(3)11(6-10)18(21)22;/h4-6,8,13H,7,15H2,1-3H3,(H,16,20)(H,17,19);1H/t13-;/m0./s1. The molecule has 0 saturated carbocycles. The topological polar surface area (TPSA) is 127 Å². The lowest BCUT2D eigenvalue weighted by Gasteiger charge is -2.15. The molecule has 8 nitrogen and oxygen atoms in total. The molecule has 0 fully saturated rings. The monoisotopic (exact) mass is 344 g/mol. The quantitative estimate of drug-likeness (QED) is 0.530. The van der Waals surface area contributed by atoms with Crippen LogP contribution >= 0.6 is 12.4 Å². The molecule has 0 spiro atoms. The highest BCUT2D eigenvalue weighted by atomic mass is 35.5. The Bertz CT molecular complexity index is 592. The van der Waals surface area contributed by atoms with Gasteiger partial charge in [0.05, 0.1) is 17.5 Å². The van der Waals surface area contributed by atoms with E-state index in [1.807, 2.05) is 0 Å². The Balaban J connectivity index is 0.00000484. The van der Waals surface area contributed by atoms with E-state index in [0.717, 1.165) is 0 Å². The van der Waals surface area contributed by atoms with Crippen molar-refractivity contribution in [1.82, 2.24) is 5.32 Å². The van der Waals surface area contributed by atoms with Crippen LogP contribution < -0.4 is 16.4 Å². The molecule has 0 aromatic heterocycles. The van der Waals surface area contributed by atoms with Gasteiger partial charge in [0, 0.05) is 17.3 Å². The van der Waals surface area contributed by atoms with Crippen LogP contribution in [0.3, 0.4) is 0 Å². The van der Waals surface area contributed by atoms with Crippen molar-refractivity contribution in [2.45, 2.75) is 26.8 Å². The number of carbonyl (C=O) groups is 2. The van der Waals surface area contributed by atoms with E-state index in [9.17, 15) is 19.7 Å². The number of nitrogens with zero attached hydrogens (tertiary/aromatic N) is 1. The number of anilines is 1. The number of aryl methyl sites for hydroxylation is 1. The summed E-state index contributed by atoms with van der Waals surface area (Å²) in [6.07, 6.45) is 0. The molecular weight excluding hydrogens is 324 g/mol. The maximum Gasteiger partial charge on any atom is 0.274 e. The number of nitro groups is 1. The molecule has 4 N–H and O–H groups in total. The van der Waals surface area contributed by atoms with Crippen molar-refractivity contribution in [2.75, 3.05) is 11.9 Å². The van der Waals surface area contributed by atoms with Gasteiger partial charge in [0.1, 0.15) is 0 Å². The third-order valence-electron chi connectivity index (χ3n) is 3.13. The van der Waals surface area contributed by atoms with E-state index >= 15 is 0 Å². The predicted octanol–water partition coefficient (Wildman–Crippen LogP) is 1.36. The Morgan fingerprint density at radius 1 is 1.35 bits per heavy atom. The van der Waals surface area contributed by atoms with Gasteiger partial charge in [-0.3, -0.25) is 19.7 Å². The second kappa shape index (κ2) is 9.06. The van der Waals surface area contributed by atoms with Crippen LogP contribution in [0.15, 0.2) is 18.2 Å². The molecule has 1 rings (SSSR count). The Morgan fingerprint density at radius 3 is 2.48 bits per heavy atom. The first-order valence-corrected chi connectivity index (χ1v) is 6.80. The van der Waals surface area contributed by atoms with Crippen molar-refractivity contribution in [3.63, 3.8) is 0 Å². The Kier molecular flexibility index (Phi) is 8.20. The minimum absolute atomic E-state index is 0. The first-order chi connectivity index (χ1) is 10.2. The van der Waals surface area contributed by atoms with Crippen LogP contribution in [0.2, 0.25) is 0 Å². The summed E-state index contributed by atoms with van der Waals surface area (Å²) < 4.78 is 0. The summed E-state index contributed by atoms with van der Waals surface area (Å²) in [6, 6.07) is 3.69. The van der Waals surface area contributed by atoms with E-state index in [1.165, 1.54) is 6.07 Å². The third kappa shape index (κ3) is 6.21. The number of rotatable bonds is 6. The number of halogens is 1. The fourth-order valence-corrected chi connectivity index (χ4v) is 1.68. The lowest BCUT2D eigenvalue weighted by Crippen LogP contribution is -2.46. The maximum absolute atomic E-state index is 11.7. The van der Waals surface area contributed by atoms with Gasteiger partial charge in [-0.15, -0.1) is 12.4 Å². The molecular formula is C14H21ClN4O4. The summed E-state index contributed by atoms with van der Waals surface area (Å²) in [5.74, 6) is -0.940. The Hall–Kier alpha value is -2.19. The van der Waals surface area contributed by atoms with Crippen molar-refractivity contribution >= 4 is 35.6 Å². The summed E-state index contributed by atoms with van der Waals surface area (Å²) in [5, 5.41) is 15.7. The highest BCUT2D eigenvalue weighted by molar-refractivity contribution is 5.95. The number of nitro benzene ring substituents is 1. The fourth-order valence-electron chi connectivity index (χ4n) is 1.68. The average molecular weight is 345 g/mol. The maximum atomic E-state index is 11.7. The molecule has 0 aliphatic carbocycles. The smallest absolute Gasteiger partial charge is 0.274 e. The van der Waals surface area contributed by atoms with Crippen LogP contribution in [0.25, 0.3) is 0 Å². The van der Waals surface area contributed by atoms with Gasteiger partial charge in [0.15, 0.2) is 0 Å². The molecule has 1 aromatic rings. The molecule has 0 bridgehead atoms. The normalized spacial score (nSPS) is 11.3. The van der Waals surface area contributed by atoms with Gasteiger partial charge in [-0.2, -0.15) is 0 Å². The molecule has 1 atom stereocenters. The van der Waals surface area contributed by atoms with Crippen LogP contribution in [0.1, 0.15) is 19.4 Å². The first-order valence-electron chi connectivity index (χ1n) is 6.80. The number of nitrogens with one attached hydrogen (secondary N) is 2. The molecule has 23 heavy (non-hydrogen) atoms. The summed E-state index contributed by atoms with van der Waals surface area (Å²) >= 11 is 0. The van der Waals surface area contributed by atoms with Crippen LogP contribution in [-0.2, 0) is 9.59 Å². The lowest BCUT2D eigenvalue weighted by molar-refractivity contribution is -0.385. The largest absolute Gasteiger partial charge is 0.346 e. The van der Waals surface area contributed by atoms with E-state index < -0.39 is 22.8 Å². The van der Waals surface area contributed by atoms with E-state index in [1.54, 1.807) is 32.9 Å². The molecule has 9 heteroatoms. The Morgan fingerprint density at radius 2 is 1.96 bits per heavy atom. The zero-order valence-electron chi connectivity index (χ0n) is 13.2.